The minimum absolute atomic E-state index is 0.0286. The Hall–Kier alpha value is -3.74. The number of pyridine rings is 2. The SMILES string of the molecule is COc1cc2c(cc1-c1c(C)n[nH]c1C)ncc1nc(C)n([C@H](C)c3ccccn3)c12. The number of aromatic amines is 1. The van der Waals surface area contributed by atoms with Gasteiger partial charge in [-0.2, -0.15) is 5.10 Å². The Morgan fingerprint density at radius 1 is 1.06 bits per heavy atom. The van der Waals surface area contributed by atoms with Crippen molar-refractivity contribution in [1.82, 2.24) is 29.7 Å². The normalized spacial score (nSPS) is 12.5. The van der Waals surface area contributed by atoms with Crippen LogP contribution in [0.5, 0.6) is 5.75 Å². The number of aromatic nitrogens is 6. The first-order valence-electron chi connectivity index (χ1n) is 10.3. The molecule has 0 radical (unpaired) electrons. The van der Waals surface area contributed by atoms with Gasteiger partial charge in [-0.3, -0.25) is 15.1 Å². The summed E-state index contributed by atoms with van der Waals surface area (Å²) in [4.78, 5) is 14.1. The topological polar surface area (TPSA) is 81.5 Å². The van der Waals surface area contributed by atoms with Crippen molar-refractivity contribution < 1.29 is 4.74 Å². The summed E-state index contributed by atoms with van der Waals surface area (Å²) in [5, 5.41) is 8.41. The fourth-order valence-electron chi connectivity index (χ4n) is 4.46. The number of nitrogens with one attached hydrogen (secondary N) is 1. The van der Waals surface area contributed by atoms with Crippen LogP contribution in [0.1, 0.15) is 35.9 Å². The Bertz CT molecular complexity index is 1400. The van der Waals surface area contributed by atoms with Gasteiger partial charge in [0.25, 0.3) is 0 Å². The van der Waals surface area contributed by atoms with Gasteiger partial charge < -0.3 is 9.30 Å². The van der Waals surface area contributed by atoms with Crippen LogP contribution < -0.4 is 4.74 Å². The van der Waals surface area contributed by atoms with Gasteiger partial charge in [0, 0.05) is 28.4 Å². The van der Waals surface area contributed by atoms with Crippen molar-refractivity contribution >= 4 is 21.9 Å². The molecule has 1 N–H and O–H groups in total. The first-order chi connectivity index (χ1) is 15.0. The number of hydrogen-bond acceptors (Lipinski definition) is 5. The number of hydrogen-bond donors (Lipinski definition) is 1. The highest BCUT2D eigenvalue weighted by Gasteiger charge is 2.21. The van der Waals surface area contributed by atoms with Crippen molar-refractivity contribution in [2.75, 3.05) is 7.11 Å². The van der Waals surface area contributed by atoms with Gasteiger partial charge in [-0.15, -0.1) is 0 Å². The van der Waals surface area contributed by atoms with E-state index >= 15 is 0 Å². The van der Waals surface area contributed by atoms with Gasteiger partial charge in [-0.25, -0.2) is 4.98 Å². The predicted molar refractivity (Wildman–Crippen MR) is 121 cm³/mol. The quantitative estimate of drug-likeness (QED) is 0.453. The fourth-order valence-corrected chi connectivity index (χ4v) is 4.46. The van der Waals surface area contributed by atoms with Crippen LogP contribution >= 0.6 is 0 Å². The van der Waals surface area contributed by atoms with E-state index in [9.17, 15) is 0 Å². The summed E-state index contributed by atoms with van der Waals surface area (Å²) in [7, 11) is 1.70. The van der Waals surface area contributed by atoms with Gasteiger partial charge in [0.1, 0.15) is 17.1 Å². The maximum atomic E-state index is 5.82. The summed E-state index contributed by atoms with van der Waals surface area (Å²) in [5.41, 5.74) is 7.73. The molecule has 0 spiro atoms. The number of imidazole rings is 1. The molecule has 4 heterocycles. The van der Waals surface area contributed by atoms with Crippen LogP contribution in [0, 0.1) is 20.8 Å². The second-order valence-corrected chi connectivity index (χ2v) is 7.83. The van der Waals surface area contributed by atoms with Crippen molar-refractivity contribution in [1.29, 1.82) is 0 Å². The Balaban J connectivity index is 1.81. The number of nitrogens with zero attached hydrogens (tertiary/aromatic N) is 5. The lowest BCUT2D eigenvalue weighted by Crippen LogP contribution is -2.10. The molecule has 0 fully saturated rings. The third-order valence-electron chi connectivity index (χ3n) is 5.91. The van der Waals surface area contributed by atoms with E-state index in [2.05, 4.69) is 38.8 Å². The van der Waals surface area contributed by atoms with Crippen molar-refractivity contribution in [3.63, 3.8) is 0 Å². The zero-order chi connectivity index (χ0) is 21.7. The van der Waals surface area contributed by atoms with Gasteiger partial charge in [0.05, 0.1) is 41.8 Å². The monoisotopic (exact) mass is 412 g/mol. The van der Waals surface area contributed by atoms with Crippen LogP contribution in [0.2, 0.25) is 0 Å². The maximum Gasteiger partial charge on any atom is 0.127 e. The molecular formula is C24H24N6O. The molecule has 7 heteroatoms. The second-order valence-electron chi connectivity index (χ2n) is 7.83. The van der Waals surface area contributed by atoms with Gasteiger partial charge in [0.15, 0.2) is 0 Å². The van der Waals surface area contributed by atoms with E-state index in [1.807, 2.05) is 51.4 Å². The number of rotatable bonds is 4. The van der Waals surface area contributed by atoms with Crippen LogP contribution in [0.25, 0.3) is 33.1 Å². The lowest BCUT2D eigenvalue weighted by atomic mass is 10.00. The molecule has 0 aliphatic rings. The van der Waals surface area contributed by atoms with E-state index in [0.717, 1.165) is 61.7 Å². The minimum atomic E-state index is 0.0286. The van der Waals surface area contributed by atoms with Crippen LogP contribution in [-0.4, -0.2) is 36.8 Å². The molecule has 7 nitrogen and oxygen atoms in total. The third-order valence-corrected chi connectivity index (χ3v) is 5.91. The summed E-state index contributed by atoms with van der Waals surface area (Å²) in [6.45, 7) is 8.18. The van der Waals surface area contributed by atoms with E-state index in [0.29, 0.717) is 0 Å². The van der Waals surface area contributed by atoms with Crippen molar-refractivity contribution in [3.05, 3.63) is 65.6 Å². The highest BCUT2D eigenvalue weighted by atomic mass is 16.5. The lowest BCUT2D eigenvalue weighted by molar-refractivity contribution is 0.417. The number of H-pyrrole nitrogens is 1. The standard InChI is InChI=1S/C24H24N6O/c1-13-23(14(2)29-28-13)18-10-20-17(11-22(18)31-5)24-21(12-26-20)27-16(4)30(24)15(3)19-8-6-7-9-25-19/h6-12,15H,1-5H3,(H,28,29)/t15-/m1/s1. The molecule has 4 aromatic heterocycles. The summed E-state index contributed by atoms with van der Waals surface area (Å²) >= 11 is 0. The molecule has 0 saturated carbocycles. The van der Waals surface area contributed by atoms with Gasteiger partial charge in [0.2, 0.25) is 0 Å². The maximum absolute atomic E-state index is 5.82. The number of ether oxygens (including phenoxy) is 1. The van der Waals surface area contributed by atoms with Crippen molar-refractivity contribution in [2.45, 2.75) is 33.7 Å². The Morgan fingerprint density at radius 3 is 2.58 bits per heavy atom. The van der Waals surface area contributed by atoms with Crippen molar-refractivity contribution in [3.8, 4) is 16.9 Å². The molecule has 156 valence electrons. The fraction of sp³-hybridized carbons (Fsp3) is 0.250. The van der Waals surface area contributed by atoms with Crippen LogP contribution in [0.4, 0.5) is 0 Å². The molecule has 0 unspecified atom stereocenters. The smallest absolute Gasteiger partial charge is 0.127 e. The zero-order valence-electron chi connectivity index (χ0n) is 18.3. The molecule has 0 aliphatic carbocycles. The van der Waals surface area contributed by atoms with E-state index in [4.69, 9.17) is 14.7 Å². The van der Waals surface area contributed by atoms with E-state index in [1.54, 1.807) is 7.11 Å². The summed E-state index contributed by atoms with van der Waals surface area (Å²) < 4.78 is 8.05. The molecule has 1 aromatic carbocycles. The molecule has 5 aromatic rings. The molecular weight excluding hydrogens is 388 g/mol. The average molecular weight is 412 g/mol. The van der Waals surface area contributed by atoms with Gasteiger partial charge >= 0.3 is 0 Å². The minimum Gasteiger partial charge on any atom is -0.496 e. The zero-order valence-corrected chi connectivity index (χ0v) is 18.3. The molecule has 1 atom stereocenters. The van der Waals surface area contributed by atoms with E-state index in [1.165, 1.54) is 0 Å². The average Bonchev–Trinajstić information content (AvgIpc) is 3.30. The Kier molecular flexibility index (Phi) is 4.46. The van der Waals surface area contributed by atoms with Crippen LogP contribution in [0.15, 0.2) is 42.7 Å². The molecule has 0 saturated heterocycles. The first kappa shape index (κ1) is 19.2. The second kappa shape index (κ2) is 7.19. The van der Waals surface area contributed by atoms with Gasteiger partial charge in [-0.05, 0) is 52.0 Å². The molecule has 5 rings (SSSR count). The summed E-state index contributed by atoms with van der Waals surface area (Å²) in [5.74, 6) is 1.71. The first-order valence-corrected chi connectivity index (χ1v) is 10.3. The van der Waals surface area contributed by atoms with Gasteiger partial charge in [-0.1, -0.05) is 6.07 Å². The third kappa shape index (κ3) is 2.96. The van der Waals surface area contributed by atoms with E-state index < -0.39 is 0 Å². The predicted octanol–water partition coefficient (Wildman–Crippen LogP) is 4.91. The highest BCUT2D eigenvalue weighted by molar-refractivity contribution is 6.05. The molecule has 0 aliphatic heterocycles. The molecule has 31 heavy (non-hydrogen) atoms. The Morgan fingerprint density at radius 2 is 1.90 bits per heavy atom. The number of aryl methyl sites for hydroxylation is 3. The lowest BCUT2D eigenvalue weighted by Gasteiger charge is -2.17. The Labute approximate surface area is 180 Å². The number of methoxy groups -OCH3 is 1. The number of benzene rings is 1. The van der Waals surface area contributed by atoms with Crippen LogP contribution in [-0.2, 0) is 0 Å². The van der Waals surface area contributed by atoms with E-state index in [-0.39, 0.29) is 6.04 Å². The van der Waals surface area contributed by atoms with Crippen molar-refractivity contribution in [2.24, 2.45) is 0 Å². The molecule has 0 amide bonds. The molecule has 0 bridgehead atoms. The highest BCUT2D eigenvalue weighted by Crippen LogP contribution is 2.39. The van der Waals surface area contributed by atoms with Crippen LogP contribution in [0.3, 0.4) is 0 Å². The summed E-state index contributed by atoms with van der Waals surface area (Å²) in [6, 6.07) is 10.2. The largest absolute Gasteiger partial charge is 0.496 e. The summed E-state index contributed by atoms with van der Waals surface area (Å²) in [6.07, 6.45) is 3.67. The number of fused-ring (bicyclic) bond motifs is 3.